The van der Waals surface area contributed by atoms with Gasteiger partial charge in [0.1, 0.15) is 11.5 Å². The summed E-state index contributed by atoms with van der Waals surface area (Å²) in [6, 6.07) is 1.76. The van der Waals surface area contributed by atoms with Gasteiger partial charge in [-0.2, -0.15) is 5.10 Å². The van der Waals surface area contributed by atoms with Crippen LogP contribution in [0.5, 0.6) is 0 Å². The SMILES string of the molecule is Cc1cc(C(=O)N2CC3CCC(C2)N(Cc2c(C)noc2C)C3=O)n[nH]1. The van der Waals surface area contributed by atoms with E-state index in [0.29, 0.717) is 25.3 Å². The molecule has 2 bridgehead atoms. The van der Waals surface area contributed by atoms with Crippen LogP contribution in [0, 0.1) is 26.7 Å². The largest absolute Gasteiger partial charge is 0.361 e. The summed E-state index contributed by atoms with van der Waals surface area (Å²) >= 11 is 0. The Labute approximate surface area is 151 Å². The predicted molar refractivity (Wildman–Crippen MR) is 92.3 cm³/mol. The summed E-state index contributed by atoms with van der Waals surface area (Å²) in [5.74, 6) is 0.599. The highest BCUT2D eigenvalue weighted by Crippen LogP contribution is 2.32. The number of aromatic nitrogens is 3. The van der Waals surface area contributed by atoms with Crippen LogP contribution in [0.2, 0.25) is 0 Å². The van der Waals surface area contributed by atoms with Crippen molar-refractivity contribution in [3.05, 3.63) is 34.5 Å². The van der Waals surface area contributed by atoms with Gasteiger partial charge in [0.25, 0.3) is 5.91 Å². The van der Waals surface area contributed by atoms with E-state index in [1.807, 2.05) is 25.7 Å². The molecule has 0 aliphatic carbocycles. The molecule has 0 radical (unpaired) electrons. The second kappa shape index (κ2) is 6.26. The Morgan fingerprint density at radius 3 is 2.77 bits per heavy atom. The number of carbonyl (C=O) groups excluding carboxylic acids is 2. The van der Waals surface area contributed by atoms with Gasteiger partial charge in [0, 0.05) is 30.4 Å². The molecule has 3 fully saturated rings. The maximum atomic E-state index is 13.0. The highest BCUT2D eigenvalue weighted by atomic mass is 16.5. The van der Waals surface area contributed by atoms with Crippen molar-refractivity contribution in [2.24, 2.45) is 5.92 Å². The number of amides is 2. The number of fused-ring (bicyclic) bond motifs is 4. The number of rotatable bonds is 3. The van der Waals surface area contributed by atoms with E-state index in [4.69, 9.17) is 4.52 Å². The number of nitrogens with one attached hydrogen (secondary N) is 1. The van der Waals surface area contributed by atoms with Gasteiger partial charge in [-0.3, -0.25) is 14.7 Å². The minimum atomic E-state index is -0.154. The smallest absolute Gasteiger partial charge is 0.274 e. The molecule has 2 unspecified atom stereocenters. The first kappa shape index (κ1) is 16.8. The van der Waals surface area contributed by atoms with Crippen LogP contribution >= 0.6 is 0 Å². The molecule has 8 nitrogen and oxygen atoms in total. The molecule has 3 aliphatic rings. The van der Waals surface area contributed by atoms with E-state index >= 15 is 0 Å². The second-order valence-electron chi connectivity index (χ2n) is 7.34. The number of aromatic amines is 1. The number of hydrogen-bond acceptors (Lipinski definition) is 5. The van der Waals surface area contributed by atoms with Crippen LogP contribution < -0.4 is 0 Å². The zero-order valence-corrected chi connectivity index (χ0v) is 15.3. The highest BCUT2D eigenvalue weighted by molar-refractivity contribution is 5.93. The van der Waals surface area contributed by atoms with Crippen molar-refractivity contribution in [1.82, 2.24) is 25.2 Å². The van der Waals surface area contributed by atoms with Gasteiger partial charge >= 0.3 is 0 Å². The van der Waals surface area contributed by atoms with Crippen LogP contribution in [-0.2, 0) is 11.3 Å². The van der Waals surface area contributed by atoms with E-state index in [1.165, 1.54) is 0 Å². The topological polar surface area (TPSA) is 95.3 Å². The van der Waals surface area contributed by atoms with E-state index in [1.54, 1.807) is 11.0 Å². The van der Waals surface area contributed by atoms with Crippen molar-refractivity contribution >= 4 is 11.8 Å². The van der Waals surface area contributed by atoms with Gasteiger partial charge < -0.3 is 14.3 Å². The Morgan fingerprint density at radius 2 is 2.12 bits per heavy atom. The number of H-pyrrole nitrogens is 1. The zero-order valence-electron chi connectivity index (χ0n) is 15.3. The fourth-order valence-corrected chi connectivity index (χ4v) is 4.00. The molecule has 5 heterocycles. The maximum Gasteiger partial charge on any atom is 0.274 e. The van der Waals surface area contributed by atoms with E-state index in [9.17, 15) is 9.59 Å². The van der Waals surface area contributed by atoms with Gasteiger partial charge in [-0.1, -0.05) is 5.16 Å². The minimum Gasteiger partial charge on any atom is -0.361 e. The average Bonchev–Trinajstić information content (AvgIpc) is 3.06. The molecule has 8 heteroatoms. The molecule has 2 aromatic heterocycles. The molecule has 5 rings (SSSR count). The van der Waals surface area contributed by atoms with Crippen LogP contribution in [0.15, 0.2) is 10.6 Å². The molecule has 2 amide bonds. The third kappa shape index (κ3) is 2.79. The Bertz CT molecular complexity index is 835. The Morgan fingerprint density at radius 1 is 1.31 bits per heavy atom. The molecule has 138 valence electrons. The summed E-state index contributed by atoms with van der Waals surface area (Å²) in [7, 11) is 0. The van der Waals surface area contributed by atoms with Gasteiger partial charge in [-0.15, -0.1) is 0 Å². The van der Waals surface area contributed by atoms with Gasteiger partial charge in [-0.05, 0) is 39.7 Å². The molecule has 0 spiro atoms. The molecular weight excluding hydrogens is 334 g/mol. The summed E-state index contributed by atoms with van der Waals surface area (Å²) < 4.78 is 5.24. The molecule has 2 atom stereocenters. The van der Waals surface area contributed by atoms with Crippen molar-refractivity contribution in [1.29, 1.82) is 0 Å². The van der Waals surface area contributed by atoms with Crippen LogP contribution in [0.4, 0.5) is 0 Å². The Balaban J connectivity index is 1.57. The molecule has 1 N–H and O–H groups in total. The standard InChI is InChI=1S/C18H23N5O3/c1-10-6-16(20-19-10)18(25)22-7-13-4-5-14(8-22)23(17(13)24)9-15-11(2)21-26-12(15)3/h6,13-14H,4-5,7-9H2,1-3H3,(H,19,20). The highest BCUT2D eigenvalue weighted by Gasteiger charge is 2.42. The fourth-order valence-electron chi connectivity index (χ4n) is 4.00. The fraction of sp³-hybridized carbons (Fsp3) is 0.556. The molecule has 2 aromatic rings. The van der Waals surface area contributed by atoms with Crippen LogP contribution in [0.1, 0.15) is 46.0 Å². The van der Waals surface area contributed by atoms with E-state index in [2.05, 4.69) is 15.4 Å². The van der Waals surface area contributed by atoms with Crippen LogP contribution in [-0.4, -0.2) is 56.1 Å². The van der Waals surface area contributed by atoms with Gasteiger partial charge in [-0.25, -0.2) is 0 Å². The quantitative estimate of drug-likeness (QED) is 0.900. The van der Waals surface area contributed by atoms with Crippen LogP contribution in [0.3, 0.4) is 0 Å². The first-order chi connectivity index (χ1) is 12.4. The summed E-state index contributed by atoms with van der Waals surface area (Å²) in [6.07, 6.45) is 1.73. The monoisotopic (exact) mass is 357 g/mol. The van der Waals surface area contributed by atoms with Crippen LogP contribution in [0.25, 0.3) is 0 Å². The lowest BCUT2D eigenvalue weighted by molar-refractivity contribution is -0.140. The maximum absolute atomic E-state index is 13.0. The number of piperidine rings is 1. The summed E-state index contributed by atoms with van der Waals surface area (Å²) in [4.78, 5) is 29.5. The van der Waals surface area contributed by atoms with Gasteiger partial charge in [0.2, 0.25) is 5.91 Å². The average molecular weight is 357 g/mol. The normalized spacial score (nSPS) is 22.8. The molecule has 26 heavy (non-hydrogen) atoms. The van der Waals surface area contributed by atoms with Gasteiger partial charge in [0.15, 0.2) is 0 Å². The van der Waals surface area contributed by atoms with Crippen molar-refractivity contribution < 1.29 is 14.1 Å². The lowest BCUT2D eigenvalue weighted by Crippen LogP contribution is -2.47. The first-order valence-corrected chi connectivity index (χ1v) is 8.97. The van der Waals surface area contributed by atoms with E-state index < -0.39 is 0 Å². The molecular formula is C18H23N5O3. The summed E-state index contributed by atoms with van der Waals surface area (Å²) in [5.41, 5.74) is 3.04. The number of nitrogens with zero attached hydrogens (tertiary/aromatic N) is 4. The molecule has 3 aliphatic heterocycles. The third-order valence-corrected chi connectivity index (χ3v) is 5.52. The Hall–Kier alpha value is -2.64. The van der Waals surface area contributed by atoms with Crippen molar-refractivity contribution in [3.8, 4) is 0 Å². The number of aryl methyl sites for hydroxylation is 3. The molecule has 3 saturated heterocycles. The Kier molecular flexibility index (Phi) is 4.05. The lowest BCUT2D eigenvalue weighted by Gasteiger charge is -2.35. The summed E-state index contributed by atoms with van der Waals surface area (Å²) in [5, 5.41) is 10.9. The lowest BCUT2D eigenvalue weighted by atomic mass is 9.93. The van der Waals surface area contributed by atoms with Crippen molar-refractivity contribution in [2.45, 2.75) is 46.2 Å². The number of hydrogen-bond donors (Lipinski definition) is 1. The zero-order chi connectivity index (χ0) is 18.4. The third-order valence-electron chi connectivity index (χ3n) is 5.52. The molecule has 0 saturated carbocycles. The first-order valence-electron chi connectivity index (χ1n) is 8.97. The predicted octanol–water partition coefficient (Wildman–Crippen LogP) is 1.59. The number of carbonyl (C=O) groups is 2. The van der Waals surface area contributed by atoms with E-state index in [0.717, 1.165) is 35.6 Å². The van der Waals surface area contributed by atoms with Crippen molar-refractivity contribution in [2.75, 3.05) is 13.1 Å². The summed E-state index contributed by atoms with van der Waals surface area (Å²) in [6.45, 7) is 7.11. The van der Waals surface area contributed by atoms with Crippen molar-refractivity contribution in [3.63, 3.8) is 0 Å². The second-order valence-corrected chi connectivity index (χ2v) is 7.34. The molecule has 0 aromatic carbocycles. The van der Waals surface area contributed by atoms with E-state index in [-0.39, 0.29) is 23.8 Å². The minimum absolute atomic E-state index is 0.0129. The van der Waals surface area contributed by atoms with Gasteiger partial charge in [0.05, 0.1) is 18.2 Å².